The van der Waals surface area contributed by atoms with Crippen molar-refractivity contribution >= 4 is 44.1 Å². The van der Waals surface area contributed by atoms with Gasteiger partial charge in [0.05, 0.1) is 24.1 Å². The highest BCUT2D eigenvalue weighted by molar-refractivity contribution is 7.13. The maximum absolute atomic E-state index is 13.8. The summed E-state index contributed by atoms with van der Waals surface area (Å²) in [4.78, 5) is 33.3. The van der Waals surface area contributed by atoms with E-state index in [1.807, 2.05) is 54.6 Å². The largest absolute Gasteiger partial charge is 0.497 e. The van der Waals surface area contributed by atoms with Gasteiger partial charge in [-0.2, -0.15) is 0 Å². The molecule has 156 valence electrons. The summed E-state index contributed by atoms with van der Waals surface area (Å²) < 4.78 is 11.6. The molecular formula is C25H16N2O4S. The van der Waals surface area contributed by atoms with Gasteiger partial charge in [-0.25, -0.2) is 4.98 Å². The lowest BCUT2D eigenvalue weighted by Gasteiger charge is -2.22. The van der Waals surface area contributed by atoms with Crippen molar-refractivity contribution in [3.05, 3.63) is 99.4 Å². The summed E-state index contributed by atoms with van der Waals surface area (Å²) in [6, 6.07) is 18.0. The Balaban J connectivity index is 1.69. The molecule has 0 spiro atoms. The molecule has 1 aliphatic heterocycles. The molecule has 1 amide bonds. The van der Waals surface area contributed by atoms with E-state index in [0.29, 0.717) is 27.4 Å². The minimum atomic E-state index is -0.661. The van der Waals surface area contributed by atoms with Crippen LogP contribution in [0, 0.1) is 0 Å². The number of rotatable bonds is 3. The zero-order valence-electron chi connectivity index (χ0n) is 16.9. The first-order chi connectivity index (χ1) is 15.7. The van der Waals surface area contributed by atoms with E-state index in [1.54, 1.807) is 24.8 Å². The summed E-state index contributed by atoms with van der Waals surface area (Å²) in [5.74, 6) is 0.315. The van der Waals surface area contributed by atoms with Crippen molar-refractivity contribution in [3.8, 4) is 5.75 Å². The molecule has 1 atom stereocenters. The van der Waals surface area contributed by atoms with Crippen LogP contribution in [0.2, 0.25) is 0 Å². The fourth-order valence-electron chi connectivity index (χ4n) is 4.36. The molecule has 0 bridgehead atoms. The molecular weight excluding hydrogens is 424 g/mol. The SMILES string of the molecule is COc1cccc(C2c3c(oc4c(ccc5ccccc54)c3=O)C(=O)N2c2nccs2)c1. The summed E-state index contributed by atoms with van der Waals surface area (Å²) in [5.41, 5.74) is 1.28. The Labute approximate surface area is 186 Å². The predicted octanol–water partition coefficient (Wildman–Crippen LogP) is 5.16. The smallest absolute Gasteiger partial charge is 0.297 e. The fourth-order valence-corrected chi connectivity index (χ4v) is 5.03. The van der Waals surface area contributed by atoms with Crippen LogP contribution in [0.25, 0.3) is 21.7 Å². The molecule has 3 aromatic carbocycles. The number of thiazole rings is 1. The van der Waals surface area contributed by atoms with E-state index < -0.39 is 6.04 Å². The van der Waals surface area contributed by atoms with Gasteiger partial charge in [0.1, 0.15) is 11.3 Å². The van der Waals surface area contributed by atoms with Crippen LogP contribution in [0.1, 0.15) is 27.7 Å². The Morgan fingerprint density at radius 3 is 2.72 bits per heavy atom. The maximum atomic E-state index is 13.8. The number of benzene rings is 3. The number of hydrogen-bond donors (Lipinski definition) is 0. The van der Waals surface area contributed by atoms with Crippen LogP contribution in [0.5, 0.6) is 5.75 Å². The molecule has 0 aliphatic carbocycles. The second kappa shape index (κ2) is 7.03. The maximum Gasteiger partial charge on any atom is 0.297 e. The number of carbonyl (C=O) groups excluding carboxylic acids is 1. The van der Waals surface area contributed by atoms with Gasteiger partial charge in [0.15, 0.2) is 10.6 Å². The first-order valence-corrected chi connectivity index (χ1v) is 10.9. The molecule has 32 heavy (non-hydrogen) atoms. The van der Waals surface area contributed by atoms with Crippen LogP contribution in [0.3, 0.4) is 0 Å². The van der Waals surface area contributed by atoms with Gasteiger partial charge in [-0.3, -0.25) is 14.5 Å². The zero-order chi connectivity index (χ0) is 21.8. The van der Waals surface area contributed by atoms with Crippen molar-refractivity contribution in [1.29, 1.82) is 0 Å². The third-order valence-electron chi connectivity index (χ3n) is 5.80. The highest BCUT2D eigenvalue weighted by atomic mass is 32.1. The molecule has 0 saturated heterocycles. The Hall–Kier alpha value is -3.97. The summed E-state index contributed by atoms with van der Waals surface area (Å²) in [5, 5.41) is 4.48. The average molecular weight is 440 g/mol. The number of anilines is 1. The van der Waals surface area contributed by atoms with Crippen LogP contribution in [0.4, 0.5) is 5.13 Å². The van der Waals surface area contributed by atoms with E-state index in [4.69, 9.17) is 9.15 Å². The molecule has 6 nitrogen and oxygen atoms in total. The topological polar surface area (TPSA) is 72.6 Å². The third kappa shape index (κ3) is 2.61. The average Bonchev–Trinajstić information content (AvgIpc) is 3.46. The number of hydrogen-bond acceptors (Lipinski definition) is 6. The first-order valence-electron chi connectivity index (χ1n) is 10.0. The van der Waals surface area contributed by atoms with Gasteiger partial charge in [0.25, 0.3) is 5.91 Å². The van der Waals surface area contributed by atoms with Gasteiger partial charge in [0, 0.05) is 17.0 Å². The fraction of sp³-hybridized carbons (Fsp3) is 0.0800. The lowest BCUT2D eigenvalue weighted by molar-refractivity contribution is 0.0971. The van der Waals surface area contributed by atoms with Crippen LogP contribution < -0.4 is 15.1 Å². The van der Waals surface area contributed by atoms with Gasteiger partial charge >= 0.3 is 0 Å². The number of fused-ring (bicyclic) bond motifs is 4. The van der Waals surface area contributed by atoms with Crippen LogP contribution >= 0.6 is 11.3 Å². The van der Waals surface area contributed by atoms with Crippen molar-refractivity contribution in [2.75, 3.05) is 12.0 Å². The van der Waals surface area contributed by atoms with Crippen molar-refractivity contribution in [2.45, 2.75) is 6.04 Å². The van der Waals surface area contributed by atoms with Gasteiger partial charge in [-0.15, -0.1) is 11.3 Å². The van der Waals surface area contributed by atoms with Gasteiger partial charge in [-0.05, 0) is 29.1 Å². The summed E-state index contributed by atoms with van der Waals surface area (Å²) in [7, 11) is 1.58. The Kier molecular flexibility index (Phi) is 4.13. The molecule has 1 aliphatic rings. The van der Waals surface area contributed by atoms with E-state index in [9.17, 15) is 9.59 Å². The van der Waals surface area contributed by atoms with E-state index in [0.717, 1.165) is 16.3 Å². The second-order valence-corrected chi connectivity index (χ2v) is 8.38. The van der Waals surface area contributed by atoms with E-state index in [2.05, 4.69) is 4.98 Å². The predicted molar refractivity (Wildman–Crippen MR) is 124 cm³/mol. The van der Waals surface area contributed by atoms with E-state index >= 15 is 0 Å². The van der Waals surface area contributed by atoms with Crippen molar-refractivity contribution in [1.82, 2.24) is 4.98 Å². The molecule has 0 N–H and O–H groups in total. The number of amides is 1. The molecule has 0 saturated carbocycles. The third-order valence-corrected chi connectivity index (χ3v) is 6.57. The molecule has 0 fully saturated rings. The Morgan fingerprint density at radius 1 is 1.03 bits per heavy atom. The number of methoxy groups -OCH3 is 1. The molecule has 5 aromatic rings. The quantitative estimate of drug-likeness (QED) is 0.362. The molecule has 6 rings (SSSR count). The van der Waals surface area contributed by atoms with Crippen LogP contribution in [0.15, 0.2) is 81.5 Å². The normalized spacial score (nSPS) is 15.5. The van der Waals surface area contributed by atoms with E-state index in [1.165, 1.54) is 16.2 Å². The van der Waals surface area contributed by atoms with Gasteiger partial charge in [-0.1, -0.05) is 42.5 Å². The zero-order valence-corrected chi connectivity index (χ0v) is 17.8. The molecule has 3 heterocycles. The lowest BCUT2D eigenvalue weighted by Crippen LogP contribution is -2.29. The number of ether oxygens (including phenoxy) is 1. The molecule has 1 unspecified atom stereocenters. The standard InChI is InChI=1S/C25H16N2O4S/c1-30-16-7-4-6-15(13-16)20-19-21(28)18-10-9-14-5-2-3-8-17(14)22(18)31-23(19)24(29)27(20)25-26-11-12-32-25/h2-13,20H,1H3. The van der Waals surface area contributed by atoms with Crippen LogP contribution in [-0.4, -0.2) is 18.0 Å². The summed E-state index contributed by atoms with van der Waals surface area (Å²) in [6.45, 7) is 0. The highest BCUT2D eigenvalue weighted by Crippen LogP contribution is 2.43. The molecule has 7 heteroatoms. The first kappa shape index (κ1) is 18.8. The lowest BCUT2D eigenvalue weighted by atomic mass is 9.97. The molecule has 2 aromatic heterocycles. The van der Waals surface area contributed by atoms with Crippen molar-refractivity contribution in [3.63, 3.8) is 0 Å². The van der Waals surface area contributed by atoms with Gasteiger partial charge < -0.3 is 9.15 Å². The van der Waals surface area contributed by atoms with Gasteiger partial charge in [0.2, 0.25) is 5.76 Å². The second-order valence-electron chi connectivity index (χ2n) is 7.51. The Bertz CT molecular complexity index is 1570. The minimum Gasteiger partial charge on any atom is -0.497 e. The molecule has 0 radical (unpaired) electrons. The minimum absolute atomic E-state index is 0.0573. The summed E-state index contributed by atoms with van der Waals surface area (Å²) in [6.07, 6.45) is 1.64. The monoisotopic (exact) mass is 440 g/mol. The number of carbonyl (C=O) groups is 1. The van der Waals surface area contributed by atoms with Crippen LogP contribution in [-0.2, 0) is 0 Å². The number of aromatic nitrogens is 1. The summed E-state index contributed by atoms with van der Waals surface area (Å²) >= 11 is 1.33. The van der Waals surface area contributed by atoms with Crippen molar-refractivity contribution in [2.24, 2.45) is 0 Å². The van der Waals surface area contributed by atoms with Crippen molar-refractivity contribution < 1.29 is 13.9 Å². The van der Waals surface area contributed by atoms with E-state index in [-0.39, 0.29) is 17.1 Å². The number of nitrogens with zero attached hydrogens (tertiary/aromatic N) is 2. The highest BCUT2D eigenvalue weighted by Gasteiger charge is 2.44. The Morgan fingerprint density at radius 2 is 1.91 bits per heavy atom.